The van der Waals surface area contributed by atoms with Gasteiger partial charge in [-0.1, -0.05) is 39.8 Å². The number of nitrogens with zero attached hydrogens (tertiary/aromatic N) is 5. The Kier molecular flexibility index (Phi) is 9.27. The lowest BCUT2D eigenvalue weighted by molar-refractivity contribution is -0.384. The van der Waals surface area contributed by atoms with E-state index in [1.165, 1.54) is 0 Å². The third-order valence-electron chi connectivity index (χ3n) is 6.14. The number of aromatic nitrogens is 2. The van der Waals surface area contributed by atoms with Crippen molar-refractivity contribution in [3.8, 4) is 11.5 Å². The first kappa shape index (κ1) is 27.0. The molecule has 0 bridgehead atoms. The molecule has 1 saturated heterocycles. The number of anilines is 2. The molecule has 194 valence electrons. The largest absolute Gasteiger partial charge is 0.493 e. The van der Waals surface area contributed by atoms with E-state index in [1.807, 2.05) is 52.0 Å². The summed E-state index contributed by atoms with van der Waals surface area (Å²) < 4.78 is 11.0. The van der Waals surface area contributed by atoms with Crippen LogP contribution in [-0.4, -0.2) is 55.3 Å². The Labute approximate surface area is 213 Å². The summed E-state index contributed by atoms with van der Waals surface area (Å²) in [6, 6.07) is 10.8. The van der Waals surface area contributed by atoms with Crippen molar-refractivity contribution in [2.24, 2.45) is 0 Å². The van der Waals surface area contributed by atoms with Gasteiger partial charge in [0, 0.05) is 49.6 Å². The quantitative estimate of drug-likeness (QED) is 0.312. The average molecular weight is 496 g/mol. The van der Waals surface area contributed by atoms with Crippen LogP contribution in [0.5, 0.6) is 11.5 Å². The minimum absolute atomic E-state index is 0.140. The van der Waals surface area contributed by atoms with Crippen molar-refractivity contribution in [2.45, 2.75) is 46.5 Å². The first-order chi connectivity index (χ1) is 17.6. The number of para-hydroxylation sites is 2. The molecular weight excluding hydrogens is 458 g/mol. The van der Waals surface area contributed by atoms with Gasteiger partial charge in [-0.25, -0.2) is 9.97 Å². The summed E-state index contributed by atoms with van der Waals surface area (Å²) >= 11 is 0. The summed E-state index contributed by atoms with van der Waals surface area (Å²) in [6.07, 6.45) is 2.23. The van der Waals surface area contributed by atoms with Gasteiger partial charge in [-0.05, 0) is 25.0 Å². The van der Waals surface area contributed by atoms with E-state index < -0.39 is 0 Å². The Hall–Kier alpha value is -3.62. The topological polar surface area (TPSA) is 93.9 Å². The monoisotopic (exact) mass is 495 g/mol. The Morgan fingerprint density at radius 2 is 1.47 bits per heavy atom. The highest BCUT2D eigenvalue weighted by Gasteiger charge is 2.30. The first-order valence-corrected chi connectivity index (χ1v) is 12.8. The highest BCUT2D eigenvalue weighted by Crippen LogP contribution is 2.42. The Bertz CT molecular complexity index is 1170. The van der Waals surface area contributed by atoms with Crippen molar-refractivity contribution in [3.63, 3.8) is 0 Å². The van der Waals surface area contributed by atoms with Crippen LogP contribution in [0.3, 0.4) is 0 Å². The zero-order valence-electron chi connectivity index (χ0n) is 22.2. The minimum Gasteiger partial charge on any atom is -0.493 e. The maximum atomic E-state index is 11.4. The zero-order valence-corrected chi connectivity index (χ0v) is 22.2. The summed E-state index contributed by atoms with van der Waals surface area (Å²) in [6.45, 7) is 10.7. The number of rotatable bonds is 6. The second-order valence-corrected chi connectivity index (χ2v) is 8.12. The van der Waals surface area contributed by atoms with Gasteiger partial charge in [0.25, 0.3) is 5.69 Å². The van der Waals surface area contributed by atoms with Gasteiger partial charge >= 0.3 is 0 Å². The molecule has 0 radical (unpaired) electrons. The van der Waals surface area contributed by atoms with Crippen molar-refractivity contribution in [2.75, 3.05) is 50.2 Å². The molecular formula is C27H37N5O4. The number of methoxy groups -OCH3 is 2. The predicted molar refractivity (Wildman–Crippen MR) is 145 cm³/mol. The molecule has 1 aliphatic carbocycles. The summed E-state index contributed by atoms with van der Waals surface area (Å²) in [5.41, 5.74) is 1.65. The molecule has 9 nitrogen and oxygen atoms in total. The van der Waals surface area contributed by atoms with E-state index in [1.54, 1.807) is 26.4 Å². The highest BCUT2D eigenvalue weighted by molar-refractivity contribution is 5.92. The fourth-order valence-corrected chi connectivity index (χ4v) is 4.27. The average Bonchev–Trinajstić information content (AvgIpc) is 3.80. The molecule has 36 heavy (non-hydrogen) atoms. The van der Waals surface area contributed by atoms with Gasteiger partial charge in [0.15, 0.2) is 11.5 Å². The van der Waals surface area contributed by atoms with Gasteiger partial charge in [-0.3, -0.25) is 10.1 Å². The van der Waals surface area contributed by atoms with Crippen molar-refractivity contribution >= 4 is 28.1 Å². The Morgan fingerprint density at radius 3 is 2.06 bits per heavy atom. The van der Waals surface area contributed by atoms with Crippen LogP contribution >= 0.6 is 0 Å². The lowest BCUT2D eigenvalue weighted by atomic mass is 10.1. The first-order valence-electron chi connectivity index (χ1n) is 12.8. The van der Waals surface area contributed by atoms with Gasteiger partial charge in [-0.15, -0.1) is 0 Å². The van der Waals surface area contributed by atoms with E-state index >= 15 is 0 Å². The number of ether oxygens (including phenoxy) is 2. The molecule has 0 amide bonds. The molecule has 0 N–H and O–H groups in total. The summed E-state index contributed by atoms with van der Waals surface area (Å²) in [5, 5.41) is 12.4. The van der Waals surface area contributed by atoms with E-state index in [0.29, 0.717) is 49.3 Å². The van der Waals surface area contributed by atoms with E-state index in [2.05, 4.69) is 9.80 Å². The molecule has 0 unspecified atom stereocenters. The van der Waals surface area contributed by atoms with Gasteiger partial charge in [0.1, 0.15) is 17.3 Å². The number of piperazine rings is 1. The van der Waals surface area contributed by atoms with Gasteiger partial charge < -0.3 is 19.3 Å². The van der Waals surface area contributed by atoms with Crippen molar-refractivity contribution in [1.29, 1.82) is 0 Å². The van der Waals surface area contributed by atoms with E-state index in [0.717, 1.165) is 35.4 Å². The van der Waals surface area contributed by atoms with Crippen molar-refractivity contribution in [1.82, 2.24) is 9.97 Å². The van der Waals surface area contributed by atoms with Crippen LogP contribution in [-0.2, 0) is 0 Å². The van der Waals surface area contributed by atoms with E-state index in [9.17, 15) is 10.1 Å². The van der Waals surface area contributed by atoms with E-state index in [-0.39, 0.29) is 10.6 Å². The van der Waals surface area contributed by atoms with Crippen LogP contribution in [0.2, 0.25) is 0 Å². The summed E-state index contributed by atoms with van der Waals surface area (Å²) in [7, 11) is 3.24. The molecule has 2 fully saturated rings. The number of hydrogen-bond donors (Lipinski definition) is 0. The molecule has 5 rings (SSSR count). The number of nitro benzene ring substituents is 1. The van der Waals surface area contributed by atoms with Crippen LogP contribution in [0.25, 0.3) is 10.9 Å². The summed E-state index contributed by atoms with van der Waals surface area (Å²) in [5.74, 6) is 3.47. The Morgan fingerprint density at radius 1 is 0.889 bits per heavy atom. The lowest BCUT2D eigenvalue weighted by Crippen LogP contribution is -2.47. The molecule has 2 heterocycles. The number of hydrogen-bond acceptors (Lipinski definition) is 8. The Balaban J connectivity index is 0.000000861. The fraction of sp³-hybridized carbons (Fsp3) is 0.481. The summed E-state index contributed by atoms with van der Waals surface area (Å²) in [4.78, 5) is 25.2. The molecule has 9 heteroatoms. The fourth-order valence-electron chi connectivity index (χ4n) is 4.27. The molecule has 1 aromatic heterocycles. The van der Waals surface area contributed by atoms with Gasteiger partial charge in [0.05, 0.1) is 24.7 Å². The third-order valence-corrected chi connectivity index (χ3v) is 6.14. The van der Waals surface area contributed by atoms with Gasteiger partial charge in [0.2, 0.25) is 0 Å². The lowest BCUT2D eigenvalue weighted by Gasteiger charge is -2.37. The third kappa shape index (κ3) is 5.61. The normalized spacial score (nSPS) is 14.8. The minimum atomic E-state index is -0.318. The van der Waals surface area contributed by atoms with Gasteiger partial charge in [-0.2, -0.15) is 0 Å². The molecule has 1 saturated carbocycles. The molecule has 0 atom stereocenters. The smallest absolute Gasteiger partial charge is 0.292 e. The highest BCUT2D eigenvalue weighted by atomic mass is 16.6. The van der Waals surface area contributed by atoms with Crippen LogP contribution in [0.15, 0.2) is 36.4 Å². The number of benzene rings is 2. The molecule has 0 spiro atoms. The zero-order chi connectivity index (χ0) is 26.2. The van der Waals surface area contributed by atoms with Crippen molar-refractivity contribution in [3.05, 3.63) is 52.3 Å². The molecule has 2 aliphatic rings. The SMILES string of the molecule is CC.CC.COc1cc2nc(C3CC3)nc(N3CCN(c4ccccc4[N+](=O)[O-])CC3)c2cc1OC. The second-order valence-electron chi connectivity index (χ2n) is 8.12. The standard InChI is InChI=1S/C23H25N5O4.2C2H6/c1-31-20-13-16-17(14-21(20)32-2)24-22(15-7-8-15)25-23(16)27-11-9-26(10-12-27)18-5-3-4-6-19(18)28(29)30;2*1-2/h3-6,13-15H,7-12H2,1-2H3;2*1-2H3. The predicted octanol–water partition coefficient (Wildman–Crippen LogP) is 5.81. The van der Waals surface area contributed by atoms with Crippen LogP contribution in [0, 0.1) is 10.1 Å². The maximum absolute atomic E-state index is 11.4. The molecule has 2 aromatic carbocycles. The maximum Gasteiger partial charge on any atom is 0.292 e. The van der Waals surface area contributed by atoms with Crippen LogP contribution < -0.4 is 19.3 Å². The van der Waals surface area contributed by atoms with E-state index in [4.69, 9.17) is 19.4 Å². The second kappa shape index (κ2) is 12.4. The number of fused-ring (bicyclic) bond motifs is 1. The molecule has 3 aromatic rings. The van der Waals surface area contributed by atoms with Crippen LogP contribution in [0.1, 0.15) is 52.3 Å². The van der Waals surface area contributed by atoms with Crippen molar-refractivity contribution < 1.29 is 14.4 Å². The molecule has 1 aliphatic heterocycles. The number of nitro groups is 1. The van der Waals surface area contributed by atoms with Crippen LogP contribution in [0.4, 0.5) is 17.2 Å².